The van der Waals surface area contributed by atoms with Gasteiger partial charge in [0, 0.05) is 11.5 Å². The Hall–Kier alpha value is -2.95. The van der Waals surface area contributed by atoms with Crippen molar-refractivity contribution in [3.63, 3.8) is 0 Å². The minimum atomic E-state index is -0.355. The summed E-state index contributed by atoms with van der Waals surface area (Å²) >= 11 is 0. The Bertz CT molecular complexity index is 934. The van der Waals surface area contributed by atoms with E-state index in [1.807, 2.05) is 30.3 Å². The molecule has 3 rings (SSSR count). The Morgan fingerprint density at radius 1 is 0.963 bits per heavy atom. The summed E-state index contributed by atoms with van der Waals surface area (Å²) in [6.07, 6.45) is 4.24. The number of benzene rings is 2. The molecule has 2 N–H and O–H groups in total. The second-order valence-electron chi connectivity index (χ2n) is 6.53. The van der Waals surface area contributed by atoms with Gasteiger partial charge in [-0.2, -0.15) is 0 Å². The Balaban J connectivity index is 1.90. The molecule has 0 radical (unpaired) electrons. The van der Waals surface area contributed by atoms with Crippen molar-refractivity contribution in [3.05, 3.63) is 64.4 Å². The third-order valence-corrected chi connectivity index (χ3v) is 4.38. The van der Waals surface area contributed by atoms with Gasteiger partial charge in [0.05, 0.1) is 12.1 Å². The number of ether oxygens (including phenoxy) is 2. The van der Waals surface area contributed by atoms with Crippen molar-refractivity contribution in [1.29, 1.82) is 0 Å². The van der Waals surface area contributed by atoms with Crippen molar-refractivity contribution in [2.75, 3.05) is 6.61 Å². The molecular formula is C22H25NO4. The molecule has 5 nitrogen and oxygen atoms in total. The largest absolute Gasteiger partial charge is 0.508 e. The van der Waals surface area contributed by atoms with Crippen LogP contribution in [0.25, 0.3) is 10.9 Å². The van der Waals surface area contributed by atoms with Crippen LogP contribution in [0, 0.1) is 0 Å². The number of nitrogens with one attached hydrogen (secondary N) is 1. The number of pyridine rings is 1. The molecular weight excluding hydrogens is 342 g/mol. The lowest BCUT2D eigenvalue weighted by Gasteiger charge is -2.15. The Kier molecular flexibility index (Phi) is 6.36. The Morgan fingerprint density at radius 3 is 2.56 bits per heavy atom. The molecule has 0 bridgehead atoms. The van der Waals surface area contributed by atoms with Crippen LogP contribution in [0.2, 0.25) is 0 Å². The lowest BCUT2D eigenvalue weighted by atomic mass is 10.1. The molecule has 2 aromatic carbocycles. The van der Waals surface area contributed by atoms with Gasteiger partial charge in [-0.05, 0) is 24.1 Å². The maximum Gasteiger partial charge on any atom is 0.294 e. The van der Waals surface area contributed by atoms with E-state index in [1.165, 1.54) is 6.07 Å². The third-order valence-electron chi connectivity index (χ3n) is 4.38. The highest BCUT2D eigenvalue weighted by atomic mass is 16.5. The maximum absolute atomic E-state index is 12.6. The van der Waals surface area contributed by atoms with Crippen LogP contribution < -0.4 is 15.0 Å². The zero-order valence-electron chi connectivity index (χ0n) is 15.5. The first-order chi connectivity index (χ1) is 13.2. The van der Waals surface area contributed by atoms with E-state index >= 15 is 0 Å². The van der Waals surface area contributed by atoms with Crippen LogP contribution in [-0.4, -0.2) is 16.7 Å². The van der Waals surface area contributed by atoms with Gasteiger partial charge in [-0.15, -0.1) is 0 Å². The predicted molar refractivity (Wildman–Crippen MR) is 107 cm³/mol. The zero-order valence-corrected chi connectivity index (χ0v) is 15.5. The van der Waals surface area contributed by atoms with Crippen LogP contribution in [0.5, 0.6) is 17.2 Å². The minimum Gasteiger partial charge on any atom is -0.508 e. The van der Waals surface area contributed by atoms with E-state index in [1.54, 1.807) is 12.1 Å². The molecule has 0 fully saturated rings. The summed E-state index contributed by atoms with van der Waals surface area (Å²) in [4.78, 5) is 15.3. The number of aromatic amines is 1. The molecule has 142 valence electrons. The number of hydrogen-bond donors (Lipinski definition) is 2. The molecule has 0 aliphatic rings. The summed E-state index contributed by atoms with van der Waals surface area (Å²) in [7, 11) is 0. The first kappa shape index (κ1) is 18.8. The van der Waals surface area contributed by atoms with Gasteiger partial charge in [0.15, 0.2) is 5.75 Å². The summed E-state index contributed by atoms with van der Waals surface area (Å²) < 4.78 is 11.8. The molecule has 0 unspecified atom stereocenters. The average Bonchev–Trinajstić information content (AvgIpc) is 2.67. The number of phenolic OH excluding ortho intramolecular Hbond substituents is 1. The normalized spacial score (nSPS) is 10.9. The molecule has 0 aliphatic heterocycles. The van der Waals surface area contributed by atoms with Gasteiger partial charge < -0.3 is 19.6 Å². The van der Waals surface area contributed by atoms with E-state index in [4.69, 9.17) is 9.47 Å². The molecule has 0 saturated heterocycles. The maximum atomic E-state index is 12.6. The lowest BCUT2D eigenvalue weighted by molar-refractivity contribution is 0.257. The highest BCUT2D eigenvalue weighted by Gasteiger charge is 2.16. The van der Waals surface area contributed by atoms with Gasteiger partial charge in [-0.1, -0.05) is 56.5 Å². The summed E-state index contributed by atoms with van der Waals surface area (Å²) in [6, 6.07) is 14.6. The molecule has 1 aromatic heterocycles. The van der Waals surface area contributed by atoms with E-state index in [2.05, 4.69) is 11.9 Å². The Labute approximate surface area is 158 Å². The average molecular weight is 367 g/mol. The van der Waals surface area contributed by atoms with Gasteiger partial charge in [-0.3, -0.25) is 4.79 Å². The van der Waals surface area contributed by atoms with E-state index < -0.39 is 0 Å². The first-order valence-electron chi connectivity index (χ1n) is 9.37. The van der Waals surface area contributed by atoms with Crippen LogP contribution in [0.4, 0.5) is 0 Å². The fourth-order valence-corrected chi connectivity index (χ4v) is 2.95. The molecule has 0 amide bonds. The van der Waals surface area contributed by atoms with Gasteiger partial charge in [0.25, 0.3) is 5.56 Å². The first-order valence-corrected chi connectivity index (χ1v) is 9.37. The smallest absolute Gasteiger partial charge is 0.294 e. The third kappa shape index (κ3) is 4.82. The lowest BCUT2D eigenvalue weighted by Crippen LogP contribution is -2.14. The second-order valence-corrected chi connectivity index (χ2v) is 6.53. The molecule has 5 heteroatoms. The fraction of sp³-hybridized carbons (Fsp3) is 0.318. The quantitative estimate of drug-likeness (QED) is 0.534. The van der Waals surface area contributed by atoms with Crippen molar-refractivity contribution < 1.29 is 14.6 Å². The van der Waals surface area contributed by atoms with Crippen molar-refractivity contribution in [3.8, 4) is 17.2 Å². The number of hydrogen-bond acceptors (Lipinski definition) is 4. The SMILES string of the molecule is CCCCCCOc1c(OCc2ccccc2)c2ccc(O)cc2[nH]c1=O. The van der Waals surface area contributed by atoms with E-state index in [0.29, 0.717) is 29.9 Å². The van der Waals surface area contributed by atoms with Crippen molar-refractivity contribution in [1.82, 2.24) is 4.98 Å². The van der Waals surface area contributed by atoms with Crippen molar-refractivity contribution >= 4 is 10.9 Å². The second kappa shape index (κ2) is 9.12. The molecule has 1 heterocycles. The van der Waals surface area contributed by atoms with E-state index in [9.17, 15) is 9.90 Å². The summed E-state index contributed by atoms with van der Waals surface area (Å²) in [5.74, 6) is 0.689. The van der Waals surface area contributed by atoms with Gasteiger partial charge in [0.1, 0.15) is 12.4 Å². The highest BCUT2D eigenvalue weighted by Crippen LogP contribution is 2.33. The summed E-state index contributed by atoms with van der Waals surface area (Å²) in [5.41, 5.74) is 1.16. The van der Waals surface area contributed by atoms with Crippen LogP contribution in [0.3, 0.4) is 0 Å². The summed E-state index contributed by atoms with van der Waals surface area (Å²) in [5, 5.41) is 10.4. The van der Waals surface area contributed by atoms with Crippen LogP contribution in [-0.2, 0) is 6.61 Å². The van der Waals surface area contributed by atoms with Crippen LogP contribution in [0.15, 0.2) is 53.3 Å². The number of unbranched alkanes of at least 4 members (excludes halogenated alkanes) is 3. The molecule has 27 heavy (non-hydrogen) atoms. The van der Waals surface area contributed by atoms with Crippen molar-refractivity contribution in [2.24, 2.45) is 0 Å². The zero-order chi connectivity index (χ0) is 19.1. The topological polar surface area (TPSA) is 71.5 Å². The standard InChI is InChI=1S/C22H25NO4/c1-2-3-4-8-13-26-21-20(27-15-16-9-6-5-7-10-16)18-12-11-17(24)14-19(18)23-22(21)25/h5-7,9-12,14,24H,2-4,8,13,15H2,1H3,(H,23,25). The molecule has 0 atom stereocenters. The van der Waals surface area contributed by atoms with Gasteiger partial charge in [0.2, 0.25) is 5.75 Å². The van der Waals surface area contributed by atoms with Crippen LogP contribution in [0.1, 0.15) is 38.2 Å². The van der Waals surface area contributed by atoms with Crippen molar-refractivity contribution in [2.45, 2.75) is 39.2 Å². The number of aromatic nitrogens is 1. The molecule has 3 aromatic rings. The number of phenols is 1. The number of H-pyrrole nitrogens is 1. The molecule has 0 aliphatic carbocycles. The minimum absolute atomic E-state index is 0.0837. The van der Waals surface area contributed by atoms with Gasteiger partial charge in [-0.25, -0.2) is 0 Å². The number of fused-ring (bicyclic) bond motifs is 1. The molecule has 0 saturated carbocycles. The van der Waals surface area contributed by atoms with E-state index in [0.717, 1.165) is 31.2 Å². The molecule has 0 spiro atoms. The number of aromatic hydroxyl groups is 1. The predicted octanol–water partition coefficient (Wildman–Crippen LogP) is 4.77. The monoisotopic (exact) mass is 367 g/mol. The van der Waals surface area contributed by atoms with Gasteiger partial charge >= 0.3 is 0 Å². The Morgan fingerprint density at radius 2 is 1.78 bits per heavy atom. The fourth-order valence-electron chi connectivity index (χ4n) is 2.95. The van der Waals surface area contributed by atoms with E-state index in [-0.39, 0.29) is 17.1 Å². The van der Waals surface area contributed by atoms with Crippen LogP contribution >= 0.6 is 0 Å². The summed E-state index contributed by atoms with van der Waals surface area (Å²) in [6.45, 7) is 2.95. The highest BCUT2D eigenvalue weighted by molar-refractivity contribution is 5.88. The number of rotatable bonds is 9.